The van der Waals surface area contributed by atoms with Crippen LogP contribution in [0, 0.1) is 6.92 Å². The van der Waals surface area contributed by atoms with Crippen LogP contribution < -0.4 is 0 Å². The first-order valence-corrected chi connectivity index (χ1v) is 5.13. The maximum atomic E-state index is 5.75. The minimum Gasteiger partial charge on any atom is -0.254 e. The maximum absolute atomic E-state index is 5.75. The van der Waals surface area contributed by atoms with Crippen molar-refractivity contribution in [1.82, 2.24) is 4.98 Å². The van der Waals surface area contributed by atoms with E-state index in [9.17, 15) is 0 Å². The van der Waals surface area contributed by atoms with E-state index in [0.717, 1.165) is 5.69 Å². The Kier molecular flexibility index (Phi) is 2.34. The van der Waals surface area contributed by atoms with E-state index in [4.69, 9.17) is 11.6 Å². The van der Waals surface area contributed by atoms with Crippen molar-refractivity contribution in [2.75, 3.05) is 0 Å². The fourth-order valence-electron chi connectivity index (χ4n) is 1.09. The number of rotatable bonds is 1. The lowest BCUT2D eigenvalue weighted by Crippen LogP contribution is -1.77. The molecule has 0 aliphatic rings. The van der Waals surface area contributed by atoms with Crippen LogP contribution in [-0.2, 0) is 0 Å². The monoisotopic (exact) mass is 209 g/mol. The normalized spacial score (nSPS) is 10.3. The van der Waals surface area contributed by atoms with Gasteiger partial charge >= 0.3 is 0 Å². The molecule has 0 amide bonds. The molecule has 0 N–H and O–H groups in total. The molecule has 0 atom stereocenters. The summed E-state index contributed by atoms with van der Waals surface area (Å²) in [6.45, 7) is 2.09. The van der Waals surface area contributed by atoms with Gasteiger partial charge in [-0.25, -0.2) is 0 Å². The second-order valence-corrected chi connectivity index (χ2v) is 4.50. The highest BCUT2D eigenvalue weighted by Gasteiger charge is 2.00. The van der Waals surface area contributed by atoms with Crippen LogP contribution in [0.2, 0.25) is 5.02 Å². The molecule has 0 fully saturated rings. The van der Waals surface area contributed by atoms with Crippen LogP contribution in [0.1, 0.15) is 4.88 Å². The summed E-state index contributed by atoms with van der Waals surface area (Å²) in [6.07, 6.45) is 1.67. The second-order valence-electron chi connectivity index (χ2n) is 2.77. The van der Waals surface area contributed by atoms with Gasteiger partial charge in [0.25, 0.3) is 0 Å². The van der Waals surface area contributed by atoms with Gasteiger partial charge in [-0.2, -0.15) is 0 Å². The minimum atomic E-state index is 0.678. The first-order chi connectivity index (χ1) is 6.25. The average Bonchev–Trinajstić information content (AvgIpc) is 2.53. The van der Waals surface area contributed by atoms with Gasteiger partial charge < -0.3 is 0 Å². The highest BCUT2D eigenvalue weighted by atomic mass is 35.5. The molecule has 1 nitrogen and oxygen atoms in total. The fraction of sp³-hybridized carbons (Fsp3) is 0.100. The van der Waals surface area contributed by atoms with Crippen LogP contribution in [-0.4, -0.2) is 4.98 Å². The largest absolute Gasteiger partial charge is 0.254 e. The molecule has 2 rings (SSSR count). The van der Waals surface area contributed by atoms with E-state index >= 15 is 0 Å². The first-order valence-electron chi connectivity index (χ1n) is 3.94. The molecule has 0 saturated carbocycles. The molecular formula is C10H8ClNS. The summed E-state index contributed by atoms with van der Waals surface area (Å²) in [6, 6.07) is 7.97. The van der Waals surface area contributed by atoms with E-state index in [-0.39, 0.29) is 0 Å². The van der Waals surface area contributed by atoms with Crippen molar-refractivity contribution in [3.05, 3.63) is 40.4 Å². The summed E-state index contributed by atoms with van der Waals surface area (Å²) in [7, 11) is 0. The Labute approximate surface area is 86.0 Å². The quantitative estimate of drug-likeness (QED) is 0.697. The van der Waals surface area contributed by atoms with E-state index in [1.54, 1.807) is 17.5 Å². The zero-order valence-corrected chi connectivity index (χ0v) is 8.69. The highest BCUT2D eigenvalue weighted by molar-refractivity contribution is 7.15. The van der Waals surface area contributed by atoms with Crippen molar-refractivity contribution in [3.63, 3.8) is 0 Å². The summed E-state index contributed by atoms with van der Waals surface area (Å²) in [4.78, 5) is 6.73. The van der Waals surface area contributed by atoms with Gasteiger partial charge in [0.1, 0.15) is 0 Å². The summed E-state index contributed by atoms with van der Waals surface area (Å²) < 4.78 is 0. The molecule has 0 aliphatic carbocycles. The highest BCUT2D eigenvalue weighted by Crippen LogP contribution is 2.26. The number of halogens is 1. The van der Waals surface area contributed by atoms with Gasteiger partial charge in [0.15, 0.2) is 0 Å². The summed E-state index contributed by atoms with van der Waals surface area (Å²) in [5, 5.41) is 0.678. The smallest absolute Gasteiger partial charge is 0.0802 e. The van der Waals surface area contributed by atoms with E-state index in [0.29, 0.717) is 5.02 Å². The van der Waals surface area contributed by atoms with Crippen LogP contribution in [0.5, 0.6) is 0 Å². The topological polar surface area (TPSA) is 12.9 Å². The van der Waals surface area contributed by atoms with Crippen molar-refractivity contribution < 1.29 is 0 Å². The Morgan fingerprint density at radius 2 is 2.08 bits per heavy atom. The summed E-state index contributed by atoms with van der Waals surface area (Å²) in [5.41, 5.74) is 0.988. The van der Waals surface area contributed by atoms with Gasteiger partial charge in [0.05, 0.1) is 15.6 Å². The second kappa shape index (κ2) is 3.48. The van der Waals surface area contributed by atoms with Crippen LogP contribution in [0.4, 0.5) is 0 Å². The van der Waals surface area contributed by atoms with Crippen molar-refractivity contribution in [2.45, 2.75) is 6.92 Å². The lowest BCUT2D eigenvalue weighted by atomic mass is 10.3. The molecule has 2 heterocycles. The summed E-state index contributed by atoms with van der Waals surface area (Å²) >= 11 is 7.49. The number of nitrogens with zero attached hydrogens (tertiary/aromatic N) is 1. The fourth-order valence-corrected chi connectivity index (χ4v) is 2.05. The molecule has 0 radical (unpaired) electrons. The molecule has 2 aromatic rings. The average molecular weight is 210 g/mol. The Balaban J connectivity index is 2.41. The Hall–Kier alpha value is -0.860. The molecule has 0 bridgehead atoms. The predicted molar refractivity (Wildman–Crippen MR) is 57.3 cm³/mol. The number of hydrogen-bond donors (Lipinski definition) is 0. The molecule has 66 valence electrons. The predicted octanol–water partition coefficient (Wildman–Crippen LogP) is 3.77. The lowest BCUT2D eigenvalue weighted by molar-refractivity contribution is 1.34. The molecule has 2 aromatic heterocycles. The molecule has 0 spiro atoms. The van der Waals surface area contributed by atoms with Gasteiger partial charge in [0, 0.05) is 11.1 Å². The minimum absolute atomic E-state index is 0.678. The van der Waals surface area contributed by atoms with Crippen LogP contribution in [0.3, 0.4) is 0 Å². The Morgan fingerprint density at radius 3 is 2.62 bits per heavy atom. The number of aryl methyl sites for hydroxylation is 1. The third-order valence-corrected chi connectivity index (χ3v) is 2.97. The van der Waals surface area contributed by atoms with Gasteiger partial charge in [-0.3, -0.25) is 4.98 Å². The standard InChI is InChI=1S/C10H8ClNS/c1-7-2-5-10(13-7)9-4-3-8(11)6-12-9/h2-6H,1H3. The van der Waals surface area contributed by atoms with E-state index < -0.39 is 0 Å². The molecule has 0 aromatic carbocycles. The third kappa shape index (κ3) is 1.90. The van der Waals surface area contributed by atoms with Crippen molar-refractivity contribution in [2.24, 2.45) is 0 Å². The van der Waals surface area contributed by atoms with E-state index in [1.165, 1.54) is 9.75 Å². The number of pyridine rings is 1. The van der Waals surface area contributed by atoms with E-state index in [1.807, 2.05) is 12.1 Å². The molecule has 3 heteroatoms. The van der Waals surface area contributed by atoms with Crippen molar-refractivity contribution >= 4 is 22.9 Å². The molecule has 0 aliphatic heterocycles. The lowest BCUT2D eigenvalue weighted by Gasteiger charge is -1.94. The number of hydrogen-bond acceptors (Lipinski definition) is 2. The molecule has 13 heavy (non-hydrogen) atoms. The van der Waals surface area contributed by atoms with Crippen LogP contribution >= 0.6 is 22.9 Å². The zero-order chi connectivity index (χ0) is 9.26. The van der Waals surface area contributed by atoms with Gasteiger partial charge in [-0.15, -0.1) is 11.3 Å². The number of thiophene rings is 1. The van der Waals surface area contributed by atoms with Crippen molar-refractivity contribution in [1.29, 1.82) is 0 Å². The third-order valence-electron chi connectivity index (χ3n) is 1.72. The van der Waals surface area contributed by atoms with Crippen molar-refractivity contribution in [3.8, 4) is 10.6 Å². The molecule has 0 saturated heterocycles. The number of aromatic nitrogens is 1. The molecular weight excluding hydrogens is 202 g/mol. The summed E-state index contributed by atoms with van der Waals surface area (Å²) in [5.74, 6) is 0. The maximum Gasteiger partial charge on any atom is 0.0802 e. The Bertz CT molecular complexity index is 405. The van der Waals surface area contributed by atoms with Crippen LogP contribution in [0.15, 0.2) is 30.5 Å². The van der Waals surface area contributed by atoms with E-state index in [2.05, 4.69) is 24.0 Å². The molecule has 0 unspecified atom stereocenters. The van der Waals surface area contributed by atoms with Gasteiger partial charge in [-0.1, -0.05) is 11.6 Å². The SMILES string of the molecule is Cc1ccc(-c2ccc(Cl)cn2)s1. The van der Waals surface area contributed by atoms with Crippen LogP contribution in [0.25, 0.3) is 10.6 Å². The first kappa shape index (κ1) is 8.73. The van der Waals surface area contributed by atoms with Gasteiger partial charge in [0.2, 0.25) is 0 Å². The Morgan fingerprint density at radius 1 is 1.23 bits per heavy atom. The van der Waals surface area contributed by atoms with Gasteiger partial charge in [-0.05, 0) is 31.2 Å². The zero-order valence-electron chi connectivity index (χ0n) is 7.12.